The molecule has 0 saturated heterocycles. The van der Waals surface area contributed by atoms with Crippen molar-refractivity contribution < 1.29 is 18.4 Å². The summed E-state index contributed by atoms with van der Waals surface area (Å²) in [6.07, 6.45) is -0.833. The van der Waals surface area contributed by atoms with Gasteiger partial charge in [0.15, 0.2) is 0 Å². The highest BCUT2D eigenvalue weighted by Gasteiger charge is 2.19. The molecular formula is C10H14N2O5S. The Hall–Kier alpha value is -1.51. The number of nitro groups is 1. The van der Waals surface area contributed by atoms with Gasteiger partial charge in [-0.3, -0.25) is 10.1 Å². The van der Waals surface area contributed by atoms with Crippen LogP contribution >= 0.6 is 0 Å². The Morgan fingerprint density at radius 3 is 2.61 bits per heavy atom. The Bertz CT molecular complexity index is 553. The number of nitro benzene ring substituents is 1. The molecule has 0 saturated carbocycles. The molecule has 0 aliphatic rings. The van der Waals surface area contributed by atoms with E-state index in [4.69, 9.17) is 5.11 Å². The van der Waals surface area contributed by atoms with Crippen LogP contribution in [0.25, 0.3) is 0 Å². The third-order valence-electron chi connectivity index (χ3n) is 2.26. The van der Waals surface area contributed by atoms with Gasteiger partial charge in [0.1, 0.15) is 0 Å². The van der Waals surface area contributed by atoms with E-state index >= 15 is 0 Å². The van der Waals surface area contributed by atoms with Crippen LogP contribution in [0.3, 0.4) is 0 Å². The molecule has 0 heterocycles. The smallest absolute Gasteiger partial charge is 0.273 e. The summed E-state index contributed by atoms with van der Waals surface area (Å²) in [6.45, 7) is 2.81. The van der Waals surface area contributed by atoms with Gasteiger partial charge in [0, 0.05) is 18.2 Å². The number of rotatable bonds is 5. The van der Waals surface area contributed by atoms with Gasteiger partial charge in [-0.25, -0.2) is 13.1 Å². The van der Waals surface area contributed by atoms with Gasteiger partial charge in [-0.05, 0) is 19.9 Å². The zero-order chi connectivity index (χ0) is 13.9. The lowest BCUT2D eigenvalue weighted by Gasteiger charge is -2.08. The van der Waals surface area contributed by atoms with Crippen molar-refractivity contribution in [3.05, 3.63) is 33.9 Å². The third kappa shape index (κ3) is 3.49. The summed E-state index contributed by atoms with van der Waals surface area (Å²) in [7, 11) is -3.84. The van der Waals surface area contributed by atoms with E-state index in [-0.39, 0.29) is 17.1 Å². The molecule has 7 nitrogen and oxygen atoms in total. The van der Waals surface area contributed by atoms with Gasteiger partial charge < -0.3 is 5.11 Å². The van der Waals surface area contributed by atoms with Crippen LogP contribution in [-0.2, 0) is 10.0 Å². The van der Waals surface area contributed by atoms with Gasteiger partial charge in [-0.15, -0.1) is 0 Å². The first-order valence-electron chi connectivity index (χ1n) is 5.17. The van der Waals surface area contributed by atoms with Crippen LogP contribution in [0.4, 0.5) is 5.69 Å². The zero-order valence-electron chi connectivity index (χ0n) is 9.95. The molecule has 0 bridgehead atoms. The fourth-order valence-electron chi connectivity index (χ4n) is 1.27. The van der Waals surface area contributed by atoms with Crippen molar-refractivity contribution in [1.82, 2.24) is 4.72 Å². The van der Waals surface area contributed by atoms with Crippen molar-refractivity contribution >= 4 is 15.7 Å². The fourth-order valence-corrected chi connectivity index (χ4v) is 2.41. The number of sulfonamides is 1. The first-order valence-corrected chi connectivity index (χ1v) is 6.65. The maximum atomic E-state index is 11.8. The van der Waals surface area contributed by atoms with Gasteiger partial charge in [-0.2, -0.15) is 0 Å². The third-order valence-corrected chi connectivity index (χ3v) is 3.68. The Balaban J connectivity index is 3.10. The molecule has 2 N–H and O–H groups in total. The monoisotopic (exact) mass is 274 g/mol. The maximum absolute atomic E-state index is 11.8. The van der Waals surface area contributed by atoms with Crippen molar-refractivity contribution in [1.29, 1.82) is 0 Å². The van der Waals surface area contributed by atoms with E-state index in [1.165, 1.54) is 26.0 Å². The van der Waals surface area contributed by atoms with Crippen LogP contribution in [0.5, 0.6) is 0 Å². The molecule has 0 fully saturated rings. The van der Waals surface area contributed by atoms with Crippen LogP contribution in [0.15, 0.2) is 23.1 Å². The highest BCUT2D eigenvalue weighted by molar-refractivity contribution is 7.89. The summed E-state index contributed by atoms with van der Waals surface area (Å²) in [5.74, 6) is 0. The summed E-state index contributed by atoms with van der Waals surface area (Å²) in [6, 6.07) is 3.65. The number of hydrogen-bond donors (Lipinski definition) is 2. The van der Waals surface area contributed by atoms with E-state index in [0.29, 0.717) is 5.56 Å². The standard InChI is InChI=1S/C10H14N2O5S/c1-7-3-4-9(5-10(7)12(14)15)18(16,17)11-6-8(2)13/h3-5,8,11,13H,6H2,1-2H3. The number of nitrogens with zero attached hydrogens (tertiary/aromatic N) is 1. The summed E-state index contributed by atoms with van der Waals surface area (Å²) in [5.41, 5.74) is 0.129. The lowest BCUT2D eigenvalue weighted by molar-refractivity contribution is -0.385. The van der Waals surface area contributed by atoms with Crippen molar-refractivity contribution in [3.8, 4) is 0 Å². The maximum Gasteiger partial charge on any atom is 0.273 e. The highest BCUT2D eigenvalue weighted by Crippen LogP contribution is 2.21. The SMILES string of the molecule is Cc1ccc(S(=O)(=O)NCC(C)O)cc1[N+](=O)[O-]. The van der Waals surface area contributed by atoms with Crippen molar-refractivity contribution in [2.45, 2.75) is 24.8 Å². The molecule has 1 aromatic carbocycles. The lowest BCUT2D eigenvalue weighted by atomic mass is 10.2. The summed E-state index contributed by atoms with van der Waals surface area (Å²) in [5, 5.41) is 19.7. The number of aliphatic hydroxyl groups is 1. The predicted molar refractivity (Wildman–Crippen MR) is 64.7 cm³/mol. The Morgan fingerprint density at radius 1 is 1.50 bits per heavy atom. The minimum atomic E-state index is -3.84. The van der Waals surface area contributed by atoms with Crippen molar-refractivity contribution in [3.63, 3.8) is 0 Å². The van der Waals surface area contributed by atoms with Gasteiger partial charge in [0.2, 0.25) is 10.0 Å². The van der Waals surface area contributed by atoms with Crippen molar-refractivity contribution in [2.24, 2.45) is 0 Å². The van der Waals surface area contributed by atoms with E-state index in [1.807, 2.05) is 0 Å². The zero-order valence-corrected chi connectivity index (χ0v) is 10.8. The largest absolute Gasteiger partial charge is 0.392 e. The highest BCUT2D eigenvalue weighted by atomic mass is 32.2. The fraction of sp³-hybridized carbons (Fsp3) is 0.400. The topological polar surface area (TPSA) is 110 Å². The molecule has 0 aromatic heterocycles. The minimum absolute atomic E-state index is 0.149. The van der Waals surface area contributed by atoms with E-state index in [1.54, 1.807) is 0 Å². The molecule has 0 amide bonds. The van der Waals surface area contributed by atoms with E-state index in [9.17, 15) is 18.5 Å². The van der Waals surface area contributed by atoms with Crippen molar-refractivity contribution in [2.75, 3.05) is 6.54 Å². The Morgan fingerprint density at radius 2 is 2.11 bits per heavy atom. The molecular weight excluding hydrogens is 260 g/mol. The quantitative estimate of drug-likeness (QED) is 0.602. The van der Waals surface area contributed by atoms with E-state index in [0.717, 1.165) is 6.07 Å². The molecule has 0 aliphatic carbocycles. The van der Waals surface area contributed by atoms with Crippen LogP contribution in [0.1, 0.15) is 12.5 Å². The number of hydrogen-bond acceptors (Lipinski definition) is 5. The molecule has 0 radical (unpaired) electrons. The van der Waals surface area contributed by atoms with Crippen LogP contribution in [0, 0.1) is 17.0 Å². The molecule has 1 unspecified atom stereocenters. The number of aliphatic hydroxyl groups excluding tert-OH is 1. The molecule has 1 rings (SSSR count). The summed E-state index contributed by atoms with van der Waals surface area (Å²) < 4.78 is 25.7. The molecule has 18 heavy (non-hydrogen) atoms. The molecule has 100 valence electrons. The normalized spacial score (nSPS) is 13.3. The van der Waals surface area contributed by atoms with Gasteiger partial charge in [0.05, 0.1) is 15.9 Å². The van der Waals surface area contributed by atoms with Crippen LogP contribution in [-0.4, -0.2) is 31.1 Å². The molecule has 1 aromatic rings. The van der Waals surface area contributed by atoms with E-state index < -0.39 is 21.1 Å². The number of aryl methyl sites for hydroxylation is 1. The van der Waals surface area contributed by atoms with E-state index in [2.05, 4.69) is 4.72 Å². The van der Waals surface area contributed by atoms with Crippen LogP contribution in [0.2, 0.25) is 0 Å². The Labute approximate surface area is 105 Å². The molecule has 0 spiro atoms. The number of nitrogens with one attached hydrogen (secondary N) is 1. The Kier molecular flexibility index (Phi) is 4.38. The summed E-state index contributed by atoms with van der Waals surface area (Å²) >= 11 is 0. The lowest BCUT2D eigenvalue weighted by Crippen LogP contribution is -2.30. The first kappa shape index (κ1) is 14.6. The van der Waals surface area contributed by atoms with Gasteiger partial charge in [-0.1, -0.05) is 6.07 Å². The average molecular weight is 274 g/mol. The summed E-state index contributed by atoms with van der Waals surface area (Å²) in [4.78, 5) is 9.89. The van der Waals surface area contributed by atoms with Crippen LogP contribution < -0.4 is 4.72 Å². The average Bonchev–Trinajstić information content (AvgIpc) is 2.26. The minimum Gasteiger partial charge on any atom is -0.392 e. The first-order chi connectivity index (χ1) is 8.24. The van der Waals surface area contributed by atoms with Gasteiger partial charge >= 0.3 is 0 Å². The molecule has 1 atom stereocenters. The molecule has 0 aliphatic heterocycles. The number of benzene rings is 1. The molecule has 8 heteroatoms. The second-order valence-corrected chi connectivity index (χ2v) is 5.67. The second kappa shape index (κ2) is 5.42. The predicted octanol–water partition coefficient (Wildman–Crippen LogP) is 0.562. The second-order valence-electron chi connectivity index (χ2n) is 3.91. The van der Waals surface area contributed by atoms with Gasteiger partial charge in [0.25, 0.3) is 5.69 Å².